The van der Waals surface area contributed by atoms with Gasteiger partial charge in [-0.2, -0.15) is 0 Å². The first-order chi connectivity index (χ1) is 8.20. The summed E-state index contributed by atoms with van der Waals surface area (Å²) < 4.78 is 6.06. The maximum Gasteiger partial charge on any atom is 0.416 e. The van der Waals surface area contributed by atoms with E-state index in [9.17, 15) is 9.59 Å². The molecule has 1 aliphatic heterocycles. The molecule has 8 nitrogen and oxygen atoms in total. The highest BCUT2D eigenvalue weighted by molar-refractivity contribution is 5.92. The summed E-state index contributed by atoms with van der Waals surface area (Å²) >= 11 is 0. The van der Waals surface area contributed by atoms with Gasteiger partial charge in [-0.15, -0.1) is 5.10 Å². The van der Waals surface area contributed by atoms with Crippen molar-refractivity contribution in [3.05, 3.63) is 11.9 Å². The topological polar surface area (TPSA) is 103 Å². The Balaban J connectivity index is 1.95. The molecule has 0 unspecified atom stereocenters. The molecule has 2 amide bonds. The zero-order valence-corrected chi connectivity index (χ0v) is 9.20. The fourth-order valence-electron chi connectivity index (χ4n) is 1.52. The molecule has 0 saturated carbocycles. The van der Waals surface area contributed by atoms with Crippen LogP contribution in [-0.4, -0.2) is 51.6 Å². The largest absolute Gasteiger partial charge is 0.447 e. The fraction of sp³-hybridized carbons (Fsp3) is 0.556. The zero-order valence-electron chi connectivity index (χ0n) is 9.20. The molecule has 1 aliphatic rings. The molecule has 1 aromatic heterocycles. The summed E-state index contributed by atoms with van der Waals surface area (Å²) in [6, 6.07) is 0. The van der Waals surface area contributed by atoms with Gasteiger partial charge in [-0.1, -0.05) is 5.21 Å². The van der Waals surface area contributed by atoms with Gasteiger partial charge in [0.1, 0.15) is 13.2 Å². The lowest BCUT2D eigenvalue weighted by atomic mass is 10.3. The lowest BCUT2D eigenvalue weighted by Gasteiger charge is -2.09. The van der Waals surface area contributed by atoms with Crippen molar-refractivity contribution in [2.75, 3.05) is 19.7 Å². The molecule has 92 valence electrons. The van der Waals surface area contributed by atoms with Crippen LogP contribution in [0.15, 0.2) is 6.20 Å². The van der Waals surface area contributed by atoms with Crippen LogP contribution in [-0.2, 0) is 22.5 Å². The van der Waals surface area contributed by atoms with Crippen LogP contribution < -0.4 is 5.73 Å². The molecule has 1 fully saturated rings. The lowest BCUT2D eigenvalue weighted by Crippen LogP contribution is -2.34. The molecule has 1 saturated heterocycles. The van der Waals surface area contributed by atoms with E-state index in [-0.39, 0.29) is 19.1 Å². The molecule has 17 heavy (non-hydrogen) atoms. The van der Waals surface area contributed by atoms with Crippen LogP contribution in [0, 0.1) is 0 Å². The van der Waals surface area contributed by atoms with Gasteiger partial charge >= 0.3 is 6.09 Å². The Hall–Kier alpha value is -1.96. The summed E-state index contributed by atoms with van der Waals surface area (Å²) in [5, 5.41) is 7.63. The number of hydrogen-bond donors (Lipinski definition) is 1. The number of nitrogens with zero attached hydrogens (tertiary/aromatic N) is 4. The normalized spacial score (nSPS) is 15.1. The van der Waals surface area contributed by atoms with Gasteiger partial charge in [-0.25, -0.2) is 14.4 Å². The average molecular weight is 239 g/mol. The highest BCUT2D eigenvalue weighted by Crippen LogP contribution is 2.04. The second kappa shape index (κ2) is 4.91. The van der Waals surface area contributed by atoms with E-state index in [1.165, 1.54) is 4.68 Å². The molecule has 8 heteroatoms. The summed E-state index contributed by atoms with van der Waals surface area (Å²) in [5.74, 6) is -0.350. The molecule has 0 aliphatic carbocycles. The summed E-state index contributed by atoms with van der Waals surface area (Å²) in [6.07, 6.45) is 1.66. The highest BCUT2D eigenvalue weighted by Gasteiger charge is 2.28. The molecule has 1 aromatic rings. The van der Waals surface area contributed by atoms with Gasteiger partial charge < -0.3 is 10.5 Å². The van der Waals surface area contributed by atoms with E-state index in [1.807, 2.05) is 0 Å². The lowest BCUT2D eigenvalue weighted by molar-refractivity contribution is -0.128. The monoisotopic (exact) mass is 239 g/mol. The minimum absolute atomic E-state index is 0.0212. The van der Waals surface area contributed by atoms with Crippen molar-refractivity contribution in [3.8, 4) is 0 Å². The summed E-state index contributed by atoms with van der Waals surface area (Å²) in [7, 11) is 0. The van der Waals surface area contributed by atoms with Gasteiger partial charge in [0.15, 0.2) is 0 Å². The van der Waals surface area contributed by atoms with Crippen molar-refractivity contribution in [2.24, 2.45) is 5.73 Å². The van der Waals surface area contributed by atoms with Crippen LogP contribution in [0.3, 0.4) is 0 Å². The number of amides is 2. The van der Waals surface area contributed by atoms with Crippen molar-refractivity contribution in [2.45, 2.75) is 13.0 Å². The SMILES string of the molecule is NCCc1cn(CC(=O)N2CCOC2=O)nn1. The molecule has 0 spiro atoms. The second-order valence-corrected chi connectivity index (χ2v) is 3.61. The number of cyclic esters (lactones) is 1. The highest BCUT2D eigenvalue weighted by atomic mass is 16.6. The smallest absolute Gasteiger partial charge is 0.416 e. The third-order valence-corrected chi connectivity index (χ3v) is 2.35. The van der Waals surface area contributed by atoms with Crippen molar-refractivity contribution in [1.29, 1.82) is 0 Å². The third kappa shape index (κ3) is 2.59. The van der Waals surface area contributed by atoms with Crippen LogP contribution >= 0.6 is 0 Å². The van der Waals surface area contributed by atoms with Gasteiger partial charge in [0.2, 0.25) is 0 Å². The van der Waals surface area contributed by atoms with Gasteiger partial charge in [0, 0.05) is 12.6 Å². The summed E-state index contributed by atoms with van der Waals surface area (Å²) in [4.78, 5) is 23.9. The summed E-state index contributed by atoms with van der Waals surface area (Å²) in [6.45, 7) is 1.00. The van der Waals surface area contributed by atoms with Gasteiger partial charge in [0.25, 0.3) is 5.91 Å². The predicted molar refractivity (Wildman–Crippen MR) is 55.8 cm³/mol. The first-order valence-electron chi connectivity index (χ1n) is 5.27. The van der Waals surface area contributed by atoms with Crippen molar-refractivity contribution in [1.82, 2.24) is 19.9 Å². The molecule has 2 heterocycles. The molecule has 0 aromatic carbocycles. The van der Waals surface area contributed by atoms with E-state index in [2.05, 4.69) is 15.0 Å². The van der Waals surface area contributed by atoms with Gasteiger partial charge in [-0.3, -0.25) is 4.79 Å². The maximum absolute atomic E-state index is 11.7. The number of hydrogen-bond acceptors (Lipinski definition) is 6. The first kappa shape index (κ1) is 11.5. The molecular formula is C9H13N5O3. The minimum Gasteiger partial charge on any atom is -0.447 e. The number of ether oxygens (including phenoxy) is 1. The number of imide groups is 1. The average Bonchev–Trinajstić information content (AvgIpc) is 2.88. The van der Waals surface area contributed by atoms with E-state index in [0.29, 0.717) is 19.5 Å². The Morgan fingerprint density at radius 2 is 2.41 bits per heavy atom. The standard InChI is InChI=1S/C9H13N5O3/c10-2-1-7-5-13(12-11-7)6-8(15)14-3-4-17-9(14)16/h5H,1-4,6,10H2. The van der Waals surface area contributed by atoms with E-state index in [4.69, 9.17) is 5.73 Å². The maximum atomic E-state index is 11.7. The molecule has 2 rings (SSSR count). The number of carbonyl (C=O) groups is 2. The van der Waals surface area contributed by atoms with E-state index >= 15 is 0 Å². The minimum atomic E-state index is -0.600. The molecular weight excluding hydrogens is 226 g/mol. The second-order valence-electron chi connectivity index (χ2n) is 3.61. The fourth-order valence-corrected chi connectivity index (χ4v) is 1.52. The van der Waals surface area contributed by atoms with Crippen LogP contribution in [0.2, 0.25) is 0 Å². The van der Waals surface area contributed by atoms with Crippen molar-refractivity contribution < 1.29 is 14.3 Å². The quantitative estimate of drug-likeness (QED) is 0.704. The van der Waals surface area contributed by atoms with Crippen molar-refractivity contribution in [3.63, 3.8) is 0 Å². The predicted octanol–water partition coefficient (Wildman–Crippen LogP) is -1.24. The molecule has 0 atom stereocenters. The van der Waals surface area contributed by atoms with Crippen LogP contribution in [0.4, 0.5) is 4.79 Å². The Labute approximate surface area is 97.3 Å². The Kier molecular flexibility index (Phi) is 3.33. The molecule has 2 N–H and O–H groups in total. The number of aromatic nitrogens is 3. The number of rotatable bonds is 4. The Morgan fingerprint density at radius 3 is 3.06 bits per heavy atom. The van der Waals surface area contributed by atoms with Crippen LogP contribution in [0.5, 0.6) is 0 Å². The van der Waals surface area contributed by atoms with E-state index in [1.54, 1.807) is 6.20 Å². The van der Waals surface area contributed by atoms with E-state index < -0.39 is 6.09 Å². The van der Waals surface area contributed by atoms with Gasteiger partial charge in [-0.05, 0) is 6.54 Å². The Morgan fingerprint density at radius 1 is 1.59 bits per heavy atom. The van der Waals surface area contributed by atoms with E-state index in [0.717, 1.165) is 10.6 Å². The van der Waals surface area contributed by atoms with Crippen molar-refractivity contribution >= 4 is 12.0 Å². The van der Waals surface area contributed by atoms with Crippen LogP contribution in [0.1, 0.15) is 5.69 Å². The zero-order chi connectivity index (χ0) is 12.3. The first-order valence-corrected chi connectivity index (χ1v) is 5.27. The molecule has 0 radical (unpaired) electrons. The molecule has 0 bridgehead atoms. The van der Waals surface area contributed by atoms with Crippen LogP contribution in [0.25, 0.3) is 0 Å². The number of carbonyl (C=O) groups excluding carboxylic acids is 2. The van der Waals surface area contributed by atoms with Gasteiger partial charge in [0.05, 0.1) is 12.2 Å². The number of nitrogens with two attached hydrogens (primary N) is 1. The summed E-state index contributed by atoms with van der Waals surface area (Å²) in [5.41, 5.74) is 6.10. The third-order valence-electron chi connectivity index (χ3n) is 2.35. The Bertz CT molecular complexity index is 430.